The minimum Gasteiger partial charge on any atom is -0.366 e. The number of hydrogen-bond donors (Lipinski definition) is 3. The molecule has 0 aromatic heterocycles. The molecule has 1 rings (SSSR count). The maximum absolute atomic E-state index is 13.2. The van der Waals surface area contributed by atoms with Gasteiger partial charge in [0, 0.05) is 18.0 Å². The van der Waals surface area contributed by atoms with E-state index in [-0.39, 0.29) is 5.56 Å². The second-order valence-corrected chi connectivity index (χ2v) is 5.03. The van der Waals surface area contributed by atoms with Gasteiger partial charge in [-0.3, -0.25) is 4.79 Å². The van der Waals surface area contributed by atoms with Crippen molar-refractivity contribution in [1.29, 1.82) is 0 Å². The summed E-state index contributed by atoms with van der Waals surface area (Å²) in [5.74, 6) is 0.224. The number of carbonyl (C=O) groups is 2. The quantitative estimate of drug-likeness (QED) is 0.697. The highest BCUT2D eigenvalue weighted by Crippen LogP contribution is 2.14. The van der Waals surface area contributed by atoms with Crippen LogP contribution in [0.25, 0.3) is 0 Å². The summed E-state index contributed by atoms with van der Waals surface area (Å²) >= 11 is 1.71. The molecule has 104 valence electrons. The van der Waals surface area contributed by atoms with Gasteiger partial charge in [0.25, 0.3) is 5.91 Å². The molecule has 3 amide bonds. The average molecular weight is 285 g/mol. The van der Waals surface area contributed by atoms with Crippen molar-refractivity contribution >= 4 is 29.4 Å². The lowest BCUT2D eigenvalue weighted by atomic mass is 10.2. The molecule has 5 nitrogen and oxygen atoms in total. The number of urea groups is 1. The third-order valence-electron chi connectivity index (χ3n) is 2.23. The highest BCUT2D eigenvalue weighted by atomic mass is 32.2. The van der Waals surface area contributed by atoms with Crippen molar-refractivity contribution in [3.8, 4) is 0 Å². The Kier molecular flexibility index (Phi) is 6.14. The third-order valence-corrected chi connectivity index (χ3v) is 3.13. The highest BCUT2D eigenvalue weighted by Gasteiger charge is 2.10. The van der Waals surface area contributed by atoms with Crippen LogP contribution in [0, 0.1) is 5.82 Å². The molecule has 0 spiro atoms. The van der Waals surface area contributed by atoms with Gasteiger partial charge in [0.1, 0.15) is 5.82 Å². The monoisotopic (exact) mass is 285 g/mol. The molecule has 0 bridgehead atoms. The van der Waals surface area contributed by atoms with Crippen LogP contribution in [0.1, 0.15) is 17.3 Å². The van der Waals surface area contributed by atoms with Crippen LogP contribution < -0.4 is 16.4 Å². The standard InChI is InChI=1S/C12H16FN3O2S/c1-2-19-6-5-15-12(18)16-8-3-4-10(13)9(7-8)11(14)17/h3-4,7H,2,5-6H2,1H3,(H2,14,17)(H2,15,16,18). The molecular weight excluding hydrogens is 269 g/mol. The smallest absolute Gasteiger partial charge is 0.319 e. The summed E-state index contributed by atoms with van der Waals surface area (Å²) in [6, 6.07) is 3.25. The van der Waals surface area contributed by atoms with Gasteiger partial charge < -0.3 is 16.4 Å². The van der Waals surface area contributed by atoms with Gasteiger partial charge in [-0.25, -0.2) is 9.18 Å². The second kappa shape index (κ2) is 7.63. The number of carbonyl (C=O) groups excluding carboxylic acids is 2. The van der Waals surface area contributed by atoms with Crippen LogP contribution in [0.3, 0.4) is 0 Å². The first-order valence-corrected chi connectivity index (χ1v) is 6.92. The Hall–Kier alpha value is -1.76. The summed E-state index contributed by atoms with van der Waals surface area (Å²) in [5.41, 5.74) is 5.08. The van der Waals surface area contributed by atoms with Gasteiger partial charge in [0.2, 0.25) is 0 Å². The molecule has 0 saturated carbocycles. The lowest BCUT2D eigenvalue weighted by molar-refractivity contribution is 0.0996. The van der Waals surface area contributed by atoms with E-state index in [0.717, 1.165) is 17.6 Å². The van der Waals surface area contributed by atoms with E-state index in [1.807, 2.05) is 6.92 Å². The van der Waals surface area contributed by atoms with E-state index in [2.05, 4.69) is 10.6 Å². The zero-order valence-corrected chi connectivity index (χ0v) is 11.3. The van der Waals surface area contributed by atoms with E-state index in [9.17, 15) is 14.0 Å². The first kappa shape index (κ1) is 15.3. The number of nitrogens with two attached hydrogens (primary N) is 1. The van der Waals surface area contributed by atoms with Crippen LogP contribution in [0.5, 0.6) is 0 Å². The molecular formula is C12H16FN3O2S. The van der Waals surface area contributed by atoms with Crippen LogP contribution in [-0.2, 0) is 0 Å². The minimum atomic E-state index is -0.874. The van der Waals surface area contributed by atoms with Crippen molar-refractivity contribution < 1.29 is 14.0 Å². The Balaban J connectivity index is 2.55. The molecule has 0 atom stereocenters. The Bertz CT molecular complexity index is 468. The summed E-state index contributed by atoms with van der Waals surface area (Å²) < 4.78 is 13.2. The molecule has 0 aliphatic rings. The maximum Gasteiger partial charge on any atom is 0.319 e. The van der Waals surface area contributed by atoms with E-state index in [1.54, 1.807) is 11.8 Å². The number of amides is 3. The second-order valence-electron chi connectivity index (χ2n) is 3.64. The molecule has 0 radical (unpaired) electrons. The highest BCUT2D eigenvalue weighted by molar-refractivity contribution is 7.99. The van der Waals surface area contributed by atoms with Crippen molar-refractivity contribution in [2.45, 2.75) is 6.92 Å². The Morgan fingerprint density at radius 3 is 2.79 bits per heavy atom. The average Bonchev–Trinajstić information content (AvgIpc) is 2.36. The fourth-order valence-corrected chi connectivity index (χ4v) is 1.88. The Labute approximate surface area is 115 Å². The van der Waals surface area contributed by atoms with Crippen LogP contribution in [0.4, 0.5) is 14.9 Å². The van der Waals surface area contributed by atoms with Crippen molar-refractivity contribution in [3.05, 3.63) is 29.6 Å². The molecule has 1 aromatic carbocycles. The van der Waals surface area contributed by atoms with E-state index in [4.69, 9.17) is 5.73 Å². The molecule has 0 fully saturated rings. The number of halogens is 1. The van der Waals surface area contributed by atoms with Gasteiger partial charge in [-0.1, -0.05) is 6.92 Å². The van der Waals surface area contributed by atoms with Gasteiger partial charge in [-0.05, 0) is 24.0 Å². The number of hydrogen-bond acceptors (Lipinski definition) is 3. The molecule has 19 heavy (non-hydrogen) atoms. The van der Waals surface area contributed by atoms with E-state index >= 15 is 0 Å². The number of nitrogens with one attached hydrogen (secondary N) is 2. The topological polar surface area (TPSA) is 84.2 Å². The van der Waals surface area contributed by atoms with Crippen LogP contribution in [0.2, 0.25) is 0 Å². The number of primary amides is 1. The van der Waals surface area contributed by atoms with E-state index < -0.39 is 17.8 Å². The molecule has 0 unspecified atom stereocenters. The lowest BCUT2D eigenvalue weighted by Gasteiger charge is -2.08. The van der Waals surface area contributed by atoms with Crippen molar-refractivity contribution in [2.75, 3.05) is 23.4 Å². The minimum absolute atomic E-state index is 0.251. The summed E-state index contributed by atoms with van der Waals surface area (Å²) in [4.78, 5) is 22.5. The van der Waals surface area contributed by atoms with E-state index in [0.29, 0.717) is 12.2 Å². The Morgan fingerprint density at radius 2 is 2.16 bits per heavy atom. The first-order valence-electron chi connectivity index (χ1n) is 5.76. The number of rotatable bonds is 6. The largest absolute Gasteiger partial charge is 0.366 e. The summed E-state index contributed by atoms with van der Waals surface area (Å²) in [5, 5.41) is 5.16. The normalized spacial score (nSPS) is 10.0. The fraction of sp³-hybridized carbons (Fsp3) is 0.333. The predicted molar refractivity (Wildman–Crippen MR) is 74.9 cm³/mol. The third kappa shape index (κ3) is 5.17. The number of benzene rings is 1. The zero-order valence-electron chi connectivity index (χ0n) is 10.5. The van der Waals surface area contributed by atoms with Gasteiger partial charge in [0.05, 0.1) is 5.56 Å². The first-order chi connectivity index (χ1) is 9.04. The summed E-state index contributed by atoms with van der Waals surface area (Å²) in [6.45, 7) is 2.57. The fourth-order valence-electron chi connectivity index (χ4n) is 1.35. The number of thioether (sulfide) groups is 1. The summed E-state index contributed by atoms with van der Waals surface area (Å²) in [6.07, 6.45) is 0. The van der Waals surface area contributed by atoms with Crippen LogP contribution in [-0.4, -0.2) is 30.0 Å². The van der Waals surface area contributed by atoms with Crippen molar-refractivity contribution in [1.82, 2.24) is 5.32 Å². The lowest BCUT2D eigenvalue weighted by Crippen LogP contribution is -2.30. The molecule has 0 heterocycles. The maximum atomic E-state index is 13.2. The summed E-state index contributed by atoms with van der Waals surface area (Å²) in [7, 11) is 0. The molecule has 7 heteroatoms. The molecule has 0 saturated heterocycles. The molecule has 4 N–H and O–H groups in total. The van der Waals surface area contributed by atoms with Crippen LogP contribution >= 0.6 is 11.8 Å². The van der Waals surface area contributed by atoms with Gasteiger partial charge >= 0.3 is 6.03 Å². The van der Waals surface area contributed by atoms with Crippen molar-refractivity contribution in [3.63, 3.8) is 0 Å². The van der Waals surface area contributed by atoms with Gasteiger partial charge in [-0.2, -0.15) is 11.8 Å². The van der Waals surface area contributed by atoms with Gasteiger partial charge in [0.15, 0.2) is 0 Å². The predicted octanol–water partition coefficient (Wildman–Crippen LogP) is 1.80. The van der Waals surface area contributed by atoms with Crippen LogP contribution in [0.15, 0.2) is 18.2 Å². The van der Waals surface area contributed by atoms with Crippen molar-refractivity contribution in [2.24, 2.45) is 5.73 Å². The van der Waals surface area contributed by atoms with E-state index in [1.165, 1.54) is 12.1 Å². The zero-order chi connectivity index (χ0) is 14.3. The SMILES string of the molecule is CCSCCNC(=O)Nc1ccc(F)c(C(N)=O)c1. The number of anilines is 1. The molecule has 1 aromatic rings. The van der Waals surface area contributed by atoms with Gasteiger partial charge in [-0.15, -0.1) is 0 Å². The molecule has 0 aliphatic carbocycles. The Morgan fingerprint density at radius 1 is 1.42 bits per heavy atom. The molecule has 0 aliphatic heterocycles.